The summed E-state index contributed by atoms with van der Waals surface area (Å²) in [5.41, 5.74) is 0.744. The van der Waals surface area contributed by atoms with Crippen molar-refractivity contribution in [2.24, 2.45) is 0 Å². The van der Waals surface area contributed by atoms with Gasteiger partial charge >= 0.3 is 6.01 Å². The predicted molar refractivity (Wildman–Crippen MR) is 102 cm³/mol. The van der Waals surface area contributed by atoms with Crippen molar-refractivity contribution in [1.82, 2.24) is 15.0 Å². The van der Waals surface area contributed by atoms with E-state index in [9.17, 15) is 5.11 Å². The van der Waals surface area contributed by atoms with E-state index in [-0.39, 0.29) is 12.6 Å². The fraction of sp³-hybridized carbons (Fsp3) is 0.556. The van der Waals surface area contributed by atoms with Gasteiger partial charge in [0.15, 0.2) is 0 Å². The summed E-state index contributed by atoms with van der Waals surface area (Å²) < 4.78 is 5.54. The van der Waals surface area contributed by atoms with Gasteiger partial charge in [-0.25, -0.2) is 0 Å². The lowest BCUT2D eigenvalue weighted by molar-refractivity contribution is 0.152. The Kier molecular flexibility index (Phi) is 5.36. The predicted octanol–water partition coefficient (Wildman–Crippen LogP) is 3.47. The molecule has 0 aliphatic carbocycles. The van der Waals surface area contributed by atoms with Gasteiger partial charge in [-0.2, -0.15) is 4.98 Å². The third kappa shape index (κ3) is 3.69. The summed E-state index contributed by atoms with van der Waals surface area (Å²) in [6, 6.07) is 6.39. The third-order valence-corrected chi connectivity index (χ3v) is 5.75. The number of hydrogen-bond donors (Lipinski definition) is 1. The fourth-order valence-electron chi connectivity index (χ4n) is 4.02. The molecule has 1 aromatic heterocycles. The average Bonchev–Trinajstić information content (AvgIpc) is 3.34. The Morgan fingerprint density at radius 2 is 1.81 bits per heavy atom. The molecule has 6 nitrogen and oxygen atoms in total. The average molecular weight is 397 g/mol. The minimum Gasteiger partial charge on any atom is -0.395 e. The first kappa shape index (κ1) is 18.0. The molecule has 2 unspecified atom stereocenters. The Labute approximate surface area is 162 Å². The number of benzene rings is 1. The Hall–Kier alpha value is -1.34. The molecule has 0 bridgehead atoms. The molecule has 140 valence electrons. The van der Waals surface area contributed by atoms with Crippen molar-refractivity contribution >= 4 is 29.2 Å². The van der Waals surface area contributed by atoms with Crippen molar-refractivity contribution in [1.29, 1.82) is 0 Å². The van der Waals surface area contributed by atoms with Crippen LogP contribution in [0.4, 0.5) is 6.01 Å². The van der Waals surface area contributed by atoms with Gasteiger partial charge in [0.25, 0.3) is 0 Å². The van der Waals surface area contributed by atoms with E-state index in [4.69, 9.17) is 27.7 Å². The van der Waals surface area contributed by atoms with Crippen LogP contribution in [0.3, 0.4) is 0 Å². The van der Waals surface area contributed by atoms with Crippen molar-refractivity contribution in [3.05, 3.63) is 28.2 Å². The Balaban J connectivity index is 1.51. The highest BCUT2D eigenvalue weighted by Crippen LogP contribution is 2.30. The molecule has 4 rings (SSSR count). The lowest BCUT2D eigenvalue weighted by Gasteiger charge is -2.30. The molecule has 3 heterocycles. The Morgan fingerprint density at radius 1 is 1.08 bits per heavy atom. The number of anilines is 1. The Morgan fingerprint density at radius 3 is 2.58 bits per heavy atom. The molecule has 2 saturated heterocycles. The van der Waals surface area contributed by atoms with Crippen LogP contribution in [0.25, 0.3) is 11.4 Å². The second-order valence-electron chi connectivity index (χ2n) is 7.02. The summed E-state index contributed by atoms with van der Waals surface area (Å²) in [6.07, 6.45) is 4.42. The normalized spacial score (nSPS) is 23.9. The molecular formula is C18H22Cl2N4O2. The first-order valence-corrected chi connectivity index (χ1v) is 9.81. The number of nitrogens with zero attached hydrogens (tertiary/aromatic N) is 4. The lowest BCUT2D eigenvalue weighted by Crippen LogP contribution is -2.43. The van der Waals surface area contributed by atoms with Crippen LogP contribution in [-0.4, -0.2) is 58.5 Å². The van der Waals surface area contributed by atoms with Gasteiger partial charge < -0.3 is 14.5 Å². The first-order chi connectivity index (χ1) is 12.6. The van der Waals surface area contributed by atoms with Crippen LogP contribution in [0, 0.1) is 0 Å². The molecule has 1 N–H and O–H groups in total. The zero-order chi connectivity index (χ0) is 18.1. The molecule has 8 heteroatoms. The summed E-state index contributed by atoms with van der Waals surface area (Å²) in [5, 5.41) is 14.7. The van der Waals surface area contributed by atoms with Gasteiger partial charge in [-0.05, 0) is 50.4 Å². The first-order valence-electron chi connectivity index (χ1n) is 9.06. The standard InChI is InChI=1S/C18H22Cl2N4O2/c19-13-7-12(8-14(20)9-13)17-21-18(26-22-17)24-6-2-3-15(24)10-23-5-1-4-16(23)11-25/h7-9,15-16,25H,1-6,10-11H2. The third-order valence-electron chi connectivity index (χ3n) is 5.31. The maximum atomic E-state index is 9.55. The highest BCUT2D eigenvalue weighted by Gasteiger charge is 2.33. The second kappa shape index (κ2) is 7.72. The van der Waals surface area contributed by atoms with Crippen LogP contribution in [0.5, 0.6) is 0 Å². The van der Waals surface area contributed by atoms with E-state index >= 15 is 0 Å². The maximum absolute atomic E-state index is 9.55. The van der Waals surface area contributed by atoms with Crippen LogP contribution in [-0.2, 0) is 0 Å². The van der Waals surface area contributed by atoms with E-state index in [0.717, 1.165) is 50.9 Å². The number of halogens is 2. The molecule has 0 spiro atoms. The minimum atomic E-state index is 0.229. The summed E-state index contributed by atoms with van der Waals surface area (Å²) in [6.45, 7) is 3.10. The van der Waals surface area contributed by atoms with Crippen molar-refractivity contribution in [2.45, 2.75) is 37.8 Å². The number of aliphatic hydroxyl groups is 1. The molecule has 2 aliphatic heterocycles. The molecule has 0 saturated carbocycles. The summed E-state index contributed by atoms with van der Waals surface area (Å²) in [7, 11) is 0. The monoisotopic (exact) mass is 396 g/mol. The zero-order valence-electron chi connectivity index (χ0n) is 14.4. The zero-order valence-corrected chi connectivity index (χ0v) is 16.0. The smallest absolute Gasteiger partial charge is 0.324 e. The van der Waals surface area contributed by atoms with Gasteiger partial charge in [0.1, 0.15) is 0 Å². The molecule has 2 atom stereocenters. The quantitative estimate of drug-likeness (QED) is 0.834. The summed E-state index contributed by atoms with van der Waals surface area (Å²) in [5.74, 6) is 0.490. The van der Waals surface area contributed by atoms with Gasteiger partial charge in [0, 0.05) is 40.8 Å². The van der Waals surface area contributed by atoms with Gasteiger partial charge in [0.2, 0.25) is 5.82 Å². The van der Waals surface area contributed by atoms with Crippen LogP contribution < -0.4 is 4.90 Å². The lowest BCUT2D eigenvalue weighted by atomic mass is 10.2. The topological polar surface area (TPSA) is 65.6 Å². The summed E-state index contributed by atoms with van der Waals surface area (Å²) in [4.78, 5) is 9.15. The van der Waals surface area contributed by atoms with E-state index in [2.05, 4.69) is 19.9 Å². The van der Waals surface area contributed by atoms with Crippen LogP contribution in [0.1, 0.15) is 25.7 Å². The van der Waals surface area contributed by atoms with Gasteiger partial charge in [-0.15, -0.1) is 0 Å². The fourth-order valence-corrected chi connectivity index (χ4v) is 4.55. The Bertz CT molecular complexity index is 749. The molecule has 26 heavy (non-hydrogen) atoms. The van der Waals surface area contributed by atoms with Gasteiger partial charge in [-0.1, -0.05) is 28.4 Å². The number of aromatic nitrogens is 2. The molecular weight excluding hydrogens is 375 g/mol. The van der Waals surface area contributed by atoms with E-state index < -0.39 is 0 Å². The van der Waals surface area contributed by atoms with E-state index in [1.807, 2.05) is 0 Å². The highest BCUT2D eigenvalue weighted by molar-refractivity contribution is 6.35. The maximum Gasteiger partial charge on any atom is 0.324 e. The van der Waals surface area contributed by atoms with Gasteiger partial charge in [0.05, 0.1) is 6.61 Å². The molecule has 2 fully saturated rings. The van der Waals surface area contributed by atoms with Crippen LogP contribution in [0.15, 0.2) is 22.7 Å². The molecule has 0 amide bonds. The van der Waals surface area contributed by atoms with Crippen molar-refractivity contribution in [3.63, 3.8) is 0 Å². The van der Waals surface area contributed by atoms with Crippen LogP contribution >= 0.6 is 23.2 Å². The minimum absolute atomic E-state index is 0.229. The molecule has 0 radical (unpaired) electrons. The van der Waals surface area contributed by atoms with Crippen molar-refractivity contribution in [2.75, 3.05) is 31.1 Å². The molecule has 2 aromatic rings. The molecule has 1 aromatic carbocycles. The highest BCUT2D eigenvalue weighted by atomic mass is 35.5. The van der Waals surface area contributed by atoms with E-state index in [1.165, 1.54) is 0 Å². The van der Waals surface area contributed by atoms with Crippen molar-refractivity contribution < 1.29 is 9.63 Å². The number of hydrogen-bond acceptors (Lipinski definition) is 6. The van der Waals surface area contributed by atoms with E-state index in [1.54, 1.807) is 18.2 Å². The molecule has 2 aliphatic rings. The largest absolute Gasteiger partial charge is 0.395 e. The van der Waals surface area contributed by atoms with E-state index in [0.29, 0.717) is 27.9 Å². The number of aliphatic hydroxyl groups excluding tert-OH is 1. The number of likely N-dealkylation sites (tertiary alicyclic amines) is 1. The van der Waals surface area contributed by atoms with Gasteiger partial charge in [-0.3, -0.25) is 4.90 Å². The van der Waals surface area contributed by atoms with Crippen molar-refractivity contribution in [3.8, 4) is 11.4 Å². The number of rotatable bonds is 5. The SMILES string of the molecule is OCC1CCCN1CC1CCCN1c1nc(-c2cc(Cl)cc(Cl)c2)no1. The second-order valence-corrected chi connectivity index (χ2v) is 7.89. The van der Waals surface area contributed by atoms with Crippen LogP contribution in [0.2, 0.25) is 10.0 Å². The summed E-state index contributed by atoms with van der Waals surface area (Å²) >= 11 is 12.1.